The third-order valence-electron chi connectivity index (χ3n) is 5.99. The maximum atomic E-state index is 14.0. The molecule has 7 nitrogen and oxygen atoms in total. The largest absolute Gasteiger partial charge is 0.439 e. The van der Waals surface area contributed by atoms with Gasteiger partial charge in [-0.25, -0.2) is 0 Å². The minimum atomic E-state index is -1.74. The molecule has 0 radical (unpaired) electrons. The van der Waals surface area contributed by atoms with Crippen molar-refractivity contribution in [3.63, 3.8) is 0 Å². The molecule has 0 aliphatic carbocycles. The second-order valence-corrected chi connectivity index (χ2v) is 7.40. The van der Waals surface area contributed by atoms with Crippen molar-refractivity contribution in [3.05, 3.63) is 81.5 Å². The van der Waals surface area contributed by atoms with Gasteiger partial charge in [-0.3, -0.25) is 14.5 Å². The number of ether oxygens (including phenoxy) is 1. The van der Waals surface area contributed by atoms with E-state index in [1.54, 1.807) is 55.6 Å². The predicted molar refractivity (Wildman–Crippen MR) is 115 cm³/mol. The van der Waals surface area contributed by atoms with Gasteiger partial charge in [0, 0.05) is 23.7 Å². The number of benzene rings is 2. The van der Waals surface area contributed by atoms with Gasteiger partial charge in [-0.05, 0) is 18.2 Å². The molecule has 0 fully saturated rings. The molecule has 0 saturated carbocycles. The molecular weight excluding hydrogens is 392 g/mol. The number of rotatable bonds is 1. The Bertz CT molecular complexity index is 1490. The summed E-state index contributed by atoms with van der Waals surface area (Å²) in [6.45, 7) is -0.0136. The van der Waals surface area contributed by atoms with Crippen LogP contribution in [-0.2, 0) is 17.3 Å². The first-order valence-corrected chi connectivity index (χ1v) is 9.53. The molecule has 0 bridgehead atoms. The summed E-state index contributed by atoms with van der Waals surface area (Å²) in [5.74, 6) is 1.96. The first-order valence-electron chi connectivity index (χ1n) is 9.53. The standard InChI is InChI=1S/C24H16N4O3/c1-3-12-28-18-11-7-5-9-15(18)24(23(28)30)16(13-25)21(26)31-20-14-8-4-6-10-17(14)27(2)22(29)19(20)24/h1,4-11H,12,26H2,2H3. The quantitative estimate of drug-likeness (QED) is 0.620. The van der Waals surface area contributed by atoms with Crippen molar-refractivity contribution >= 4 is 22.5 Å². The minimum Gasteiger partial charge on any atom is -0.439 e. The SMILES string of the molecule is C#CCN1C(=O)C2(C(C#N)=C(N)Oc3c2c(=O)n(C)c2ccccc32)c2ccccc21. The number of pyridine rings is 1. The monoisotopic (exact) mass is 408 g/mol. The fourth-order valence-electron chi connectivity index (χ4n) is 4.70. The Morgan fingerprint density at radius 1 is 1.16 bits per heavy atom. The Morgan fingerprint density at radius 3 is 2.61 bits per heavy atom. The van der Waals surface area contributed by atoms with Crippen molar-refractivity contribution in [2.24, 2.45) is 12.8 Å². The van der Waals surface area contributed by atoms with Gasteiger partial charge in [-0.1, -0.05) is 36.3 Å². The van der Waals surface area contributed by atoms with E-state index in [0.29, 0.717) is 22.2 Å². The number of terminal acetylenes is 1. The summed E-state index contributed by atoms with van der Waals surface area (Å²) in [6, 6.07) is 16.2. The van der Waals surface area contributed by atoms with Gasteiger partial charge in [-0.15, -0.1) is 6.42 Å². The van der Waals surface area contributed by atoms with Gasteiger partial charge in [0.1, 0.15) is 17.4 Å². The lowest BCUT2D eigenvalue weighted by Crippen LogP contribution is -2.49. The number of aromatic nitrogens is 1. The summed E-state index contributed by atoms with van der Waals surface area (Å²) in [5, 5.41) is 10.7. The lowest BCUT2D eigenvalue weighted by atomic mass is 9.69. The van der Waals surface area contributed by atoms with Crippen LogP contribution in [0.15, 0.2) is 64.8 Å². The van der Waals surface area contributed by atoms with E-state index < -0.39 is 16.9 Å². The number of carbonyl (C=O) groups is 1. The van der Waals surface area contributed by atoms with E-state index in [9.17, 15) is 14.9 Å². The van der Waals surface area contributed by atoms with Gasteiger partial charge >= 0.3 is 0 Å². The zero-order valence-corrected chi connectivity index (χ0v) is 16.5. The molecule has 150 valence electrons. The number of anilines is 1. The van der Waals surface area contributed by atoms with Crippen LogP contribution in [0.5, 0.6) is 5.75 Å². The van der Waals surface area contributed by atoms with Gasteiger partial charge in [0.2, 0.25) is 11.8 Å². The molecule has 3 aromatic rings. The van der Waals surface area contributed by atoms with Crippen molar-refractivity contribution in [1.29, 1.82) is 5.26 Å². The van der Waals surface area contributed by atoms with E-state index in [-0.39, 0.29) is 29.3 Å². The van der Waals surface area contributed by atoms with Crippen LogP contribution < -0.4 is 20.9 Å². The third-order valence-corrected chi connectivity index (χ3v) is 5.99. The van der Waals surface area contributed by atoms with E-state index in [2.05, 4.69) is 5.92 Å². The average Bonchev–Trinajstić information content (AvgIpc) is 3.01. The van der Waals surface area contributed by atoms with Crippen molar-refractivity contribution < 1.29 is 9.53 Å². The lowest BCUT2D eigenvalue weighted by molar-refractivity contribution is -0.120. The van der Waals surface area contributed by atoms with Crippen LogP contribution in [0, 0.1) is 23.7 Å². The zero-order chi connectivity index (χ0) is 21.9. The molecule has 1 spiro atoms. The van der Waals surface area contributed by atoms with Gasteiger partial charge < -0.3 is 15.0 Å². The van der Waals surface area contributed by atoms with Gasteiger partial charge in [0.25, 0.3) is 5.56 Å². The second-order valence-electron chi connectivity index (χ2n) is 7.40. The van der Waals surface area contributed by atoms with Crippen molar-refractivity contribution in [2.75, 3.05) is 11.4 Å². The topological polar surface area (TPSA) is 101 Å². The first-order chi connectivity index (χ1) is 15.0. The Balaban J connectivity index is 2.03. The zero-order valence-electron chi connectivity index (χ0n) is 16.5. The summed E-state index contributed by atoms with van der Waals surface area (Å²) in [4.78, 5) is 29.1. The molecule has 2 N–H and O–H groups in total. The number of fused-ring (bicyclic) bond motifs is 6. The normalized spacial score (nSPS) is 19.1. The van der Waals surface area contributed by atoms with Crippen LogP contribution in [-0.4, -0.2) is 17.0 Å². The maximum Gasteiger partial charge on any atom is 0.259 e. The second kappa shape index (κ2) is 6.25. The molecule has 1 unspecified atom stereocenters. The number of hydrogen-bond acceptors (Lipinski definition) is 5. The summed E-state index contributed by atoms with van der Waals surface area (Å²) >= 11 is 0. The number of amides is 1. The number of nitriles is 1. The van der Waals surface area contributed by atoms with Crippen molar-refractivity contribution in [2.45, 2.75) is 5.41 Å². The van der Waals surface area contributed by atoms with Crippen molar-refractivity contribution in [1.82, 2.24) is 4.57 Å². The molecule has 2 aliphatic rings. The number of para-hydroxylation sites is 2. The summed E-state index contributed by atoms with van der Waals surface area (Å²) < 4.78 is 7.29. The Kier molecular flexibility index (Phi) is 3.74. The van der Waals surface area contributed by atoms with Crippen LogP contribution in [0.2, 0.25) is 0 Å². The van der Waals surface area contributed by atoms with Crippen LogP contribution >= 0.6 is 0 Å². The van der Waals surface area contributed by atoms with Crippen LogP contribution in [0.3, 0.4) is 0 Å². The number of nitrogens with two attached hydrogens (primary N) is 1. The average molecular weight is 408 g/mol. The summed E-state index contributed by atoms with van der Waals surface area (Å²) in [7, 11) is 1.62. The Morgan fingerprint density at radius 2 is 1.87 bits per heavy atom. The molecule has 2 aliphatic heterocycles. The Hall–Kier alpha value is -4.49. The maximum absolute atomic E-state index is 14.0. The van der Waals surface area contributed by atoms with Gasteiger partial charge in [0.15, 0.2) is 5.41 Å². The first kappa shape index (κ1) is 18.5. The molecule has 3 heterocycles. The fraction of sp³-hybridized carbons (Fsp3) is 0.125. The molecule has 31 heavy (non-hydrogen) atoms. The van der Waals surface area contributed by atoms with E-state index >= 15 is 0 Å². The molecule has 1 amide bonds. The number of carbonyl (C=O) groups excluding carboxylic acids is 1. The smallest absolute Gasteiger partial charge is 0.259 e. The predicted octanol–water partition coefficient (Wildman–Crippen LogP) is 1.89. The highest BCUT2D eigenvalue weighted by Crippen LogP contribution is 2.55. The summed E-state index contributed by atoms with van der Waals surface area (Å²) in [5.41, 5.74) is 5.59. The van der Waals surface area contributed by atoms with E-state index in [4.69, 9.17) is 16.9 Å². The van der Waals surface area contributed by atoms with Gasteiger partial charge in [0.05, 0.1) is 17.6 Å². The molecule has 1 atom stereocenters. The van der Waals surface area contributed by atoms with Crippen LogP contribution in [0.25, 0.3) is 10.9 Å². The molecule has 7 heteroatoms. The molecule has 5 rings (SSSR count). The fourth-order valence-corrected chi connectivity index (χ4v) is 4.70. The minimum absolute atomic E-state index is 0.0136. The molecule has 0 saturated heterocycles. The molecule has 2 aromatic carbocycles. The Labute approximate surface area is 177 Å². The number of nitrogens with zero attached hydrogens (tertiary/aromatic N) is 3. The number of aryl methyl sites for hydroxylation is 1. The highest BCUT2D eigenvalue weighted by atomic mass is 16.5. The lowest BCUT2D eigenvalue weighted by Gasteiger charge is -2.34. The van der Waals surface area contributed by atoms with Crippen LogP contribution in [0.4, 0.5) is 5.69 Å². The highest BCUT2D eigenvalue weighted by molar-refractivity contribution is 6.15. The molecule has 1 aromatic heterocycles. The van der Waals surface area contributed by atoms with E-state index in [1.807, 2.05) is 6.07 Å². The van der Waals surface area contributed by atoms with Crippen LogP contribution in [0.1, 0.15) is 11.1 Å². The third kappa shape index (κ3) is 2.07. The van der Waals surface area contributed by atoms with Crippen molar-refractivity contribution in [3.8, 4) is 24.2 Å². The summed E-state index contributed by atoms with van der Waals surface area (Å²) in [6.07, 6.45) is 5.53. The molecular formula is C24H16N4O3. The van der Waals surface area contributed by atoms with E-state index in [0.717, 1.165) is 0 Å². The highest BCUT2D eigenvalue weighted by Gasteiger charge is 2.60. The van der Waals surface area contributed by atoms with E-state index in [1.165, 1.54) is 9.47 Å². The van der Waals surface area contributed by atoms with Gasteiger partial charge in [-0.2, -0.15) is 5.26 Å². The number of hydrogen-bond donors (Lipinski definition) is 1.